The van der Waals surface area contributed by atoms with Crippen molar-refractivity contribution in [1.82, 2.24) is 0 Å². The summed E-state index contributed by atoms with van der Waals surface area (Å²) in [4.78, 5) is 12.4. The van der Waals surface area contributed by atoms with Gasteiger partial charge in [-0.2, -0.15) is 0 Å². The number of benzene rings is 2. The fourth-order valence-corrected chi connectivity index (χ4v) is 2.18. The number of hydrogen-bond donors (Lipinski definition) is 1. The van der Waals surface area contributed by atoms with Crippen LogP contribution in [0.25, 0.3) is 0 Å². The highest BCUT2D eigenvalue weighted by Crippen LogP contribution is 2.28. The van der Waals surface area contributed by atoms with Crippen molar-refractivity contribution in [3.05, 3.63) is 53.3 Å². The highest BCUT2D eigenvalue weighted by atomic mass is 35.5. The maximum absolute atomic E-state index is 13.7. The topological polar surface area (TPSA) is 47.6 Å². The molecule has 1 amide bonds. The first kappa shape index (κ1) is 17.1. The molecule has 0 saturated carbocycles. The fraction of sp³-hybridized carbons (Fsp3) is 0.235. The van der Waals surface area contributed by atoms with Gasteiger partial charge in [-0.05, 0) is 36.8 Å². The molecule has 122 valence electrons. The number of amides is 1. The molecule has 2 aromatic carbocycles. The van der Waals surface area contributed by atoms with E-state index in [-0.39, 0.29) is 5.75 Å². The van der Waals surface area contributed by atoms with E-state index in [9.17, 15) is 9.18 Å². The van der Waals surface area contributed by atoms with Gasteiger partial charge in [0.1, 0.15) is 5.75 Å². The lowest BCUT2D eigenvalue weighted by atomic mass is 10.2. The molecule has 6 heteroatoms. The highest BCUT2D eigenvalue weighted by Gasteiger charge is 2.21. The third kappa shape index (κ3) is 4.36. The number of carbonyl (C=O) groups is 1. The largest absolute Gasteiger partial charge is 0.495 e. The van der Waals surface area contributed by atoms with Crippen molar-refractivity contribution < 1.29 is 18.7 Å². The van der Waals surface area contributed by atoms with Crippen LogP contribution >= 0.6 is 11.6 Å². The zero-order chi connectivity index (χ0) is 16.8. The van der Waals surface area contributed by atoms with Crippen LogP contribution in [-0.4, -0.2) is 19.1 Å². The van der Waals surface area contributed by atoms with Crippen LogP contribution in [0.4, 0.5) is 10.1 Å². The van der Waals surface area contributed by atoms with Gasteiger partial charge in [-0.25, -0.2) is 4.39 Å². The molecule has 1 N–H and O–H groups in total. The molecule has 0 aliphatic heterocycles. The average Bonchev–Trinajstić information content (AvgIpc) is 2.54. The molecule has 0 unspecified atom stereocenters. The molecule has 2 aromatic rings. The minimum absolute atomic E-state index is 0.0348. The molecule has 0 aliphatic rings. The molecular weight excluding hydrogens is 321 g/mol. The van der Waals surface area contributed by atoms with E-state index in [1.807, 2.05) is 0 Å². The SMILES string of the molecule is CC[C@@H](Oc1ccccc1F)C(=O)Nc1cc(Cl)ccc1OC. The van der Waals surface area contributed by atoms with Crippen LogP contribution < -0.4 is 14.8 Å². The van der Waals surface area contributed by atoms with E-state index in [2.05, 4.69) is 5.32 Å². The Hall–Kier alpha value is -2.27. The van der Waals surface area contributed by atoms with Crippen LogP contribution in [0.3, 0.4) is 0 Å². The Kier molecular flexibility index (Phi) is 5.82. The first-order valence-corrected chi connectivity index (χ1v) is 7.48. The molecule has 0 aliphatic carbocycles. The lowest BCUT2D eigenvalue weighted by Gasteiger charge is -2.18. The normalized spacial score (nSPS) is 11.7. The number of nitrogens with one attached hydrogen (secondary N) is 1. The van der Waals surface area contributed by atoms with Crippen molar-refractivity contribution in [3.8, 4) is 11.5 Å². The first-order valence-electron chi connectivity index (χ1n) is 7.10. The Morgan fingerprint density at radius 3 is 2.65 bits per heavy atom. The summed E-state index contributed by atoms with van der Waals surface area (Å²) in [5.74, 6) is -0.411. The second kappa shape index (κ2) is 7.83. The molecule has 1 atom stereocenters. The standard InChI is InChI=1S/C17H17ClFNO3/c1-3-14(23-15-7-5-4-6-12(15)19)17(21)20-13-10-11(18)8-9-16(13)22-2/h4-10,14H,3H2,1-2H3,(H,20,21)/t14-/m1/s1. The number of rotatable bonds is 6. The Labute approximate surface area is 139 Å². The number of para-hydroxylation sites is 1. The number of anilines is 1. The van der Waals surface area contributed by atoms with E-state index in [4.69, 9.17) is 21.1 Å². The Bertz CT molecular complexity index is 693. The summed E-state index contributed by atoms with van der Waals surface area (Å²) >= 11 is 5.93. The van der Waals surface area contributed by atoms with Crippen molar-refractivity contribution in [1.29, 1.82) is 0 Å². The zero-order valence-electron chi connectivity index (χ0n) is 12.8. The third-order valence-electron chi connectivity index (χ3n) is 3.19. The number of hydrogen-bond acceptors (Lipinski definition) is 3. The molecule has 4 nitrogen and oxygen atoms in total. The number of ether oxygens (including phenoxy) is 2. The van der Waals surface area contributed by atoms with E-state index in [1.165, 1.54) is 19.2 Å². The quantitative estimate of drug-likeness (QED) is 0.855. The summed E-state index contributed by atoms with van der Waals surface area (Å²) in [6, 6.07) is 10.8. The van der Waals surface area contributed by atoms with Crippen LogP contribution in [0.1, 0.15) is 13.3 Å². The third-order valence-corrected chi connectivity index (χ3v) is 3.42. The van der Waals surface area contributed by atoms with Crippen LogP contribution in [-0.2, 0) is 4.79 Å². The van der Waals surface area contributed by atoms with Gasteiger partial charge in [-0.15, -0.1) is 0 Å². The van der Waals surface area contributed by atoms with E-state index in [1.54, 1.807) is 37.3 Å². The van der Waals surface area contributed by atoms with Crippen LogP contribution in [0, 0.1) is 5.82 Å². The zero-order valence-corrected chi connectivity index (χ0v) is 13.6. The Morgan fingerprint density at radius 1 is 1.26 bits per heavy atom. The van der Waals surface area contributed by atoms with Gasteiger partial charge in [0.25, 0.3) is 5.91 Å². The Balaban J connectivity index is 2.15. The molecular formula is C17H17ClFNO3. The van der Waals surface area contributed by atoms with Gasteiger partial charge in [0.15, 0.2) is 17.7 Å². The van der Waals surface area contributed by atoms with E-state index >= 15 is 0 Å². The molecule has 0 fully saturated rings. The first-order chi connectivity index (χ1) is 11.0. The molecule has 23 heavy (non-hydrogen) atoms. The number of methoxy groups -OCH3 is 1. The predicted molar refractivity (Wildman–Crippen MR) is 87.7 cm³/mol. The number of carbonyl (C=O) groups excluding carboxylic acids is 1. The summed E-state index contributed by atoms with van der Waals surface area (Å²) in [6.07, 6.45) is -0.459. The molecule has 2 rings (SSSR count). The van der Waals surface area contributed by atoms with Crippen molar-refractivity contribution in [2.24, 2.45) is 0 Å². The van der Waals surface area contributed by atoms with Gasteiger partial charge in [0.05, 0.1) is 12.8 Å². The minimum Gasteiger partial charge on any atom is -0.495 e. The smallest absolute Gasteiger partial charge is 0.265 e. The van der Waals surface area contributed by atoms with Gasteiger partial charge in [0.2, 0.25) is 0 Å². The summed E-state index contributed by atoms with van der Waals surface area (Å²) in [6.45, 7) is 1.78. The maximum atomic E-state index is 13.7. The molecule has 0 spiro atoms. The minimum atomic E-state index is -0.837. The molecule has 0 radical (unpaired) electrons. The van der Waals surface area contributed by atoms with Crippen molar-refractivity contribution >= 4 is 23.2 Å². The van der Waals surface area contributed by atoms with Crippen LogP contribution in [0.2, 0.25) is 5.02 Å². The van der Waals surface area contributed by atoms with Crippen molar-refractivity contribution in [2.45, 2.75) is 19.4 Å². The van der Waals surface area contributed by atoms with E-state index in [0.717, 1.165) is 0 Å². The van der Waals surface area contributed by atoms with Gasteiger partial charge in [-0.1, -0.05) is 30.7 Å². The lowest BCUT2D eigenvalue weighted by molar-refractivity contribution is -0.122. The summed E-state index contributed by atoms with van der Waals surface area (Å²) in [5, 5.41) is 3.16. The summed E-state index contributed by atoms with van der Waals surface area (Å²) < 4.78 is 24.3. The molecule has 0 saturated heterocycles. The van der Waals surface area contributed by atoms with Crippen LogP contribution in [0.15, 0.2) is 42.5 Å². The van der Waals surface area contributed by atoms with Crippen LogP contribution in [0.5, 0.6) is 11.5 Å². The van der Waals surface area contributed by atoms with Gasteiger partial charge in [0, 0.05) is 5.02 Å². The molecule has 0 aromatic heterocycles. The summed E-state index contributed by atoms with van der Waals surface area (Å²) in [5.41, 5.74) is 0.431. The van der Waals surface area contributed by atoms with Gasteiger partial charge in [-0.3, -0.25) is 4.79 Å². The van der Waals surface area contributed by atoms with Crippen molar-refractivity contribution in [3.63, 3.8) is 0 Å². The van der Waals surface area contributed by atoms with E-state index in [0.29, 0.717) is 22.9 Å². The second-order valence-electron chi connectivity index (χ2n) is 4.78. The summed E-state index contributed by atoms with van der Waals surface area (Å²) in [7, 11) is 1.49. The van der Waals surface area contributed by atoms with Crippen molar-refractivity contribution in [2.75, 3.05) is 12.4 Å². The van der Waals surface area contributed by atoms with E-state index < -0.39 is 17.8 Å². The highest BCUT2D eigenvalue weighted by molar-refractivity contribution is 6.31. The number of halogens is 2. The van der Waals surface area contributed by atoms with Gasteiger partial charge >= 0.3 is 0 Å². The molecule has 0 heterocycles. The fourth-order valence-electron chi connectivity index (χ4n) is 2.01. The second-order valence-corrected chi connectivity index (χ2v) is 5.22. The monoisotopic (exact) mass is 337 g/mol. The average molecular weight is 338 g/mol. The molecule has 0 bridgehead atoms. The lowest BCUT2D eigenvalue weighted by Crippen LogP contribution is -2.32. The maximum Gasteiger partial charge on any atom is 0.265 e. The Morgan fingerprint density at radius 2 is 2.00 bits per heavy atom. The predicted octanol–water partition coefficient (Wildman–Crippen LogP) is 4.28. The van der Waals surface area contributed by atoms with Gasteiger partial charge < -0.3 is 14.8 Å².